The predicted molar refractivity (Wildman–Crippen MR) is 125 cm³/mol. The molecule has 1 aromatic heterocycles. The van der Waals surface area contributed by atoms with Crippen LogP contribution in [0, 0.1) is 25.7 Å². The summed E-state index contributed by atoms with van der Waals surface area (Å²) in [4.78, 5) is 18.6. The van der Waals surface area contributed by atoms with E-state index in [-0.39, 0.29) is 11.8 Å². The third-order valence-electron chi connectivity index (χ3n) is 7.19. The van der Waals surface area contributed by atoms with E-state index in [1.807, 2.05) is 25.1 Å². The second kappa shape index (κ2) is 10.5. The van der Waals surface area contributed by atoms with Crippen molar-refractivity contribution < 1.29 is 19.2 Å². The second-order valence-corrected chi connectivity index (χ2v) is 9.23. The third-order valence-corrected chi connectivity index (χ3v) is 7.19. The first-order valence-corrected chi connectivity index (χ1v) is 11.9. The van der Waals surface area contributed by atoms with Crippen molar-refractivity contribution in [1.29, 1.82) is 0 Å². The molecule has 6 heteroatoms. The van der Waals surface area contributed by atoms with Crippen molar-refractivity contribution >= 4 is 11.7 Å². The standard InChI is InChI=1S/C26H35N3O3/c1-18-16-24(32-15-12-29-10-13-31-14-11-29)20(3)23-17-21(7-8-22(18)23)19(2)26(30)28-25-6-4-5-9-27-25/h4-6,9,16,19,21H,7-8,10-15,17H2,1-3H3,(H,27,28,30)/p+1/t19-,21+/m0/s1. The second-order valence-electron chi connectivity index (χ2n) is 9.23. The Morgan fingerprint density at radius 2 is 2.09 bits per heavy atom. The van der Waals surface area contributed by atoms with Gasteiger partial charge in [-0.1, -0.05) is 13.0 Å². The Balaban J connectivity index is 1.41. The lowest BCUT2D eigenvalue weighted by molar-refractivity contribution is -0.908. The number of benzene rings is 1. The van der Waals surface area contributed by atoms with Gasteiger partial charge in [0, 0.05) is 12.1 Å². The number of carbonyl (C=O) groups is 1. The molecule has 2 N–H and O–H groups in total. The number of ether oxygens (including phenoxy) is 2. The van der Waals surface area contributed by atoms with Crippen molar-refractivity contribution in [3.05, 3.63) is 52.7 Å². The zero-order chi connectivity index (χ0) is 22.5. The molecule has 0 spiro atoms. The van der Waals surface area contributed by atoms with Crippen molar-refractivity contribution in [2.75, 3.05) is 44.8 Å². The molecule has 1 aliphatic carbocycles. The van der Waals surface area contributed by atoms with Crippen molar-refractivity contribution in [1.82, 2.24) is 4.98 Å². The van der Waals surface area contributed by atoms with Gasteiger partial charge >= 0.3 is 0 Å². The minimum atomic E-state index is -0.0700. The van der Waals surface area contributed by atoms with Gasteiger partial charge in [0.05, 0.1) is 13.2 Å². The largest absolute Gasteiger partial charge is 0.487 e. The molecular weight excluding hydrogens is 402 g/mol. The molecule has 0 bridgehead atoms. The first-order chi connectivity index (χ1) is 15.5. The van der Waals surface area contributed by atoms with Gasteiger partial charge in [0.1, 0.15) is 37.8 Å². The Labute approximate surface area is 191 Å². The van der Waals surface area contributed by atoms with Crippen LogP contribution in [0.15, 0.2) is 30.5 Å². The van der Waals surface area contributed by atoms with E-state index in [4.69, 9.17) is 9.47 Å². The number of hydrogen-bond acceptors (Lipinski definition) is 4. The Morgan fingerprint density at radius 3 is 2.84 bits per heavy atom. The number of rotatable bonds is 7. The number of morpholine rings is 1. The average molecular weight is 439 g/mol. The van der Waals surface area contributed by atoms with Crippen LogP contribution in [0.1, 0.15) is 35.6 Å². The number of carbonyl (C=O) groups excluding carboxylic acids is 1. The molecule has 0 unspecified atom stereocenters. The average Bonchev–Trinajstić information content (AvgIpc) is 2.82. The molecule has 1 aromatic carbocycles. The fourth-order valence-corrected chi connectivity index (χ4v) is 5.01. The number of nitrogens with zero attached hydrogens (tertiary/aromatic N) is 1. The zero-order valence-electron chi connectivity index (χ0n) is 19.6. The van der Waals surface area contributed by atoms with Gasteiger partial charge in [0.2, 0.25) is 5.91 Å². The number of aryl methyl sites for hydroxylation is 1. The van der Waals surface area contributed by atoms with E-state index in [0.717, 1.165) is 64.5 Å². The van der Waals surface area contributed by atoms with Crippen LogP contribution in [0.25, 0.3) is 0 Å². The van der Waals surface area contributed by atoms with E-state index in [2.05, 4.69) is 30.2 Å². The Kier molecular flexibility index (Phi) is 7.43. The fourth-order valence-electron chi connectivity index (χ4n) is 5.01. The third kappa shape index (κ3) is 5.30. The quantitative estimate of drug-likeness (QED) is 0.697. The van der Waals surface area contributed by atoms with Crippen LogP contribution in [-0.2, 0) is 22.4 Å². The number of nitrogens with one attached hydrogen (secondary N) is 2. The molecule has 172 valence electrons. The Hall–Kier alpha value is -2.44. The highest BCUT2D eigenvalue weighted by atomic mass is 16.5. The molecule has 4 rings (SSSR count). The van der Waals surface area contributed by atoms with E-state index < -0.39 is 0 Å². The van der Waals surface area contributed by atoms with Crippen LogP contribution in [0.4, 0.5) is 5.82 Å². The minimum Gasteiger partial charge on any atom is -0.487 e. The maximum atomic E-state index is 12.8. The summed E-state index contributed by atoms with van der Waals surface area (Å²) in [6, 6.07) is 7.78. The molecule has 2 heterocycles. The monoisotopic (exact) mass is 438 g/mol. The molecule has 6 nitrogen and oxygen atoms in total. The van der Waals surface area contributed by atoms with Crippen LogP contribution in [0.5, 0.6) is 5.75 Å². The normalized spacial score (nSPS) is 19.8. The number of hydrogen-bond donors (Lipinski definition) is 2. The van der Waals surface area contributed by atoms with Crippen LogP contribution >= 0.6 is 0 Å². The Morgan fingerprint density at radius 1 is 1.28 bits per heavy atom. The number of quaternary nitrogens is 1. The molecule has 2 atom stereocenters. The first-order valence-electron chi connectivity index (χ1n) is 11.9. The van der Waals surface area contributed by atoms with Crippen molar-refractivity contribution in [3.63, 3.8) is 0 Å². The van der Waals surface area contributed by atoms with Gasteiger partial charge in [0.15, 0.2) is 0 Å². The van der Waals surface area contributed by atoms with Crippen LogP contribution < -0.4 is 15.0 Å². The van der Waals surface area contributed by atoms with Gasteiger partial charge < -0.3 is 19.7 Å². The summed E-state index contributed by atoms with van der Waals surface area (Å²) in [6.07, 6.45) is 4.67. The SMILES string of the molecule is Cc1cc(OCC[NH+]2CCOCC2)c(C)c2c1CC[C@@H]([C@H](C)C(=O)Nc1ccccn1)C2. The summed E-state index contributed by atoms with van der Waals surface area (Å²) in [6.45, 7) is 12.0. The topological polar surface area (TPSA) is 64.9 Å². The number of pyridine rings is 1. The van der Waals surface area contributed by atoms with E-state index in [1.165, 1.54) is 22.3 Å². The smallest absolute Gasteiger partial charge is 0.228 e. The number of amides is 1. The van der Waals surface area contributed by atoms with Crippen LogP contribution in [0.3, 0.4) is 0 Å². The molecule has 1 amide bonds. The van der Waals surface area contributed by atoms with Gasteiger partial charge in [-0.25, -0.2) is 4.98 Å². The fraction of sp³-hybridized carbons (Fsp3) is 0.538. The summed E-state index contributed by atoms with van der Waals surface area (Å²) in [5, 5.41) is 2.97. The highest BCUT2D eigenvalue weighted by Gasteiger charge is 2.30. The van der Waals surface area contributed by atoms with Crippen LogP contribution in [0.2, 0.25) is 0 Å². The summed E-state index contributed by atoms with van der Waals surface area (Å²) >= 11 is 0. The summed E-state index contributed by atoms with van der Waals surface area (Å²) in [5.74, 6) is 1.91. The summed E-state index contributed by atoms with van der Waals surface area (Å²) < 4.78 is 11.7. The minimum absolute atomic E-state index is 0.0485. The van der Waals surface area contributed by atoms with Gasteiger partial charge in [-0.2, -0.15) is 0 Å². The molecule has 1 fully saturated rings. The number of aromatic nitrogens is 1. The Bertz CT molecular complexity index is 926. The predicted octanol–water partition coefficient (Wildman–Crippen LogP) is 2.37. The molecule has 32 heavy (non-hydrogen) atoms. The van der Waals surface area contributed by atoms with Gasteiger partial charge in [-0.15, -0.1) is 0 Å². The molecule has 1 saturated heterocycles. The van der Waals surface area contributed by atoms with Crippen molar-refractivity contribution in [3.8, 4) is 5.75 Å². The molecule has 2 aliphatic rings. The summed E-state index contributed by atoms with van der Waals surface area (Å²) in [7, 11) is 0. The van der Waals surface area contributed by atoms with Gasteiger partial charge in [-0.05, 0) is 79.5 Å². The number of fused-ring (bicyclic) bond motifs is 1. The van der Waals surface area contributed by atoms with Crippen molar-refractivity contribution in [2.45, 2.75) is 40.0 Å². The lowest BCUT2D eigenvalue weighted by atomic mass is 9.74. The lowest BCUT2D eigenvalue weighted by Crippen LogP contribution is -3.14. The molecule has 0 radical (unpaired) electrons. The maximum absolute atomic E-state index is 12.8. The van der Waals surface area contributed by atoms with Gasteiger partial charge in [-0.3, -0.25) is 4.79 Å². The van der Waals surface area contributed by atoms with E-state index in [1.54, 1.807) is 11.1 Å². The highest BCUT2D eigenvalue weighted by Crippen LogP contribution is 2.37. The van der Waals surface area contributed by atoms with Gasteiger partial charge in [0.25, 0.3) is 0 Å². The lowest BCUT2D eigenvalue weighted by Gasteiger charge is -2.31. The summed E-state index contributed by atoms with van der Waals surface area (Å²) in [5.41, 5.74) is 5.38. The molecular formula is C26H36N3O3+. The van der Waals surface area contributed by atoms with E-state index >= 15 is 0 Å². The van der Waals surface area contributed by atoms with E-state index in [9.17, 15) is 4.79 Å². The number of anilines is 1. The first kappa shape index (κ1) is 22.7. The highest BCUT2D eigenvalue weighted by molar-refractivity contribution is 5.91. The molecule has 0 saturated carbocycles. The maximum Gasteiger partial charge on any atom is 0.228 e. The van der Waals surface area contributed by atoms with Crippen molar-refractivity contribution in [2.24, 2.45) is 11.8 Å². The molecule has 1 aliphatic heterocycles. The van der Waals surface area contributed by atoms with Crippen LogP contribution in [-0.4, -0.2) is 50.3 Å². The zero-order valence-corrected chi connectivity index (χ0v) is 19.6. The molecule has 2 aromatic rings. The van der Waals surface area contributed by atoms with E-state index in [0.29, 0.717) is 11.7 Å².